The van der Waals surface area contributed by atoms with E-state index in [0.29, 0.717) is 16.9 Å². The number of amides is 1. The van der Waals surface area contributed by atoms with Gasteiger partial charge in [-0.1, -0.05) is 32.1 Å². The van der Waals surface area contributed by atoms with Crippen LogP contribution in [0.3, 0.4) is 0 Å². The van der Waals surface area contributed by atoms with Gasteiger partial charge in [-0.15, -0.1) is 0 Å². The standard InChI is InChI=1S/C25H33N3O/c1-24-13-4-3-5-18(24)6-7-19-20-8-9-22(25(20,2)14-10-21(19)24)27-28-23(29)17-11-15-26-16-12-17/h3-4,9,11-12,15-16,18-21,27H,5-8,10,13-14H2,1-2H3,(H,28,29). The van der Waals surface area contributed by atoms with Gasteiger partial charge in [0.2, 0.25) is 0 Å². The van der Waals surface area contributed by atoms with Crippen molar-refractivity contribution in [1.82, 2.24) is 15.8 Å². The molecule has 2 fully saturated rings. The van der Waals surface area contributed by atoms with Crippen molar-refractivity contribution < 1.29 is 4.79 Å². The molecule has 5 rings (SSSR count). The molecular formula is C25H33N3O. The predicted molar refractivity (Wildman–Crippen MR) is 115 cm³/mol. The maximum atomic E-state index is 12.5. The molecule has 6 atom stereocenters. The van der Waals surface area contributed by atoms with E-state index in [1.807, 2.05) is 0 Å². The Labute approximate surface area is 174 Å². The van der Waals surface area contributed by atoms with Crippen LogP contribution in [0.15, 0.2) is 48.5 Å². The fourth-order valence-corrected chi connectivity index (χ4v) is 7.30. The van der Waals surface area contributed by atoms with Gasteiger partial charge in [0.05, 0.1) is 0 Å². The molecule has 4 nitrogen and oxygen atoms in total. The van der Waals surface area contributed by atoms with E-state index in [2.05, 4.69) is 47.9 Å². The van der Waals surface area contributed by atoms with Crippen molar-refractivity contribution in [3.63, 3.8) is 0 Å². The summed E-state index contributed by atoms with van der Waals surface area (Å²) in [4.78, 5) is 16.4. The van der Waals surface area contributed by atoms with Gasteiger partial charge in [0.15, 0.2) is 0 Å². The zero-order valence-corrected chi connectivity index (χ0v) is 17.7. The summed E-state index contributed by atoms with van der Waals surface area (Å²) >= 11 is 0. The topological polar surface area (TPSA) is 54.0 Å². The van der Waals surface area contributed by atoms with Crippen molar-refractivity contribution >= 4 is 5.91 Å². The normalized spacial score (nSPS) is 40.3. The van der Waals surface area contributed by atoms with Gasteiger partial charge >= 0.3 is 0 Å². The quantitative estimate of drug-likeness (QED) is 0.562. The van der Waals surface area contributed by atoms with E-state index in [9.17, 15) is 4.79 Å². The van der Waals surface area contributed by atoms with Gasteiger partial charge < -0.3 is 5.43 Å². The SMILES string of the molecule is CC12CCC3C(CCC4CC=CCC43C)C1CC=C2NNC(=O)c1ccncc1. The minimum Gasteiger partial charge on any atom is -0.302 e. The maximum Gasteiger partial charge on any atom is 0.269 e. The minimum absolute atomic E-state index is 0.101. The number of nitrogens with zero attached hydrogens (tertiary/aromatic N) is 1. The third-order valence-corrected chi connectivity index (χ3v) is 9.04. The van der Waals surface area contributed by atoms with Crippen LogP contribution in [0.25, 0.3) is 0 Å². The summed E-state index contributed by atoms with van der Waals surface area (Å²) in [6.07, 6.45) is 19.5. The zero-order chi connectivity index (χ0) is 20.1. The lowest BCUT2D eigenvalue weighted by molar-refractivity contribution is -0.0835. The third-order valence-electron chi connectivity index (χ3n) is 9.04. The number of aromatic nitrogens is 1. The summed E-state index contributed by atoms with van der Waals surface area (Å²) in [5.41, 5.74) is 8.74. The second-order valence-corrected chi connectivity index (χ2v) is 10.2. The fourth-order valence-electron chi connectivity index (χ4n) is 7.30. The first-order valence-corrected chi connectivity index (χ1v) is 11.3. The van der Waals surface area contributed by atoms with Crippen molar-refractivity contribution in [1.29, 1.82) is 0 Å². The van der Waals surface area contributed by atoms with Gasteiger partial charge in [-0.3, -0.25) is 15.2 Å². The van der Waals surface area contributed by atoms with Crippen LogP contribution in [0.5, 0.6) is 0 Å². The largest absolute Gasteiger partial charge is 0.302 e. The smallest absolute Gasteiger partial charge is 0.269 e. The van der Waals surface area contributed by atoms with E-state index in [-0.39, 0.29) is 11.3 Å². The lowest BCUT2D eigenvalue weighted by Gasteiger charge is -2.59. The number of hydrogen-bond donors (Lipinski definition) is 2. The van der Waals surface area contributed by atoms with Gasteiger partial charge in [-0.25, -0.2) is 0 Å². The molecule has 29 heavy (non-hydrogen) atoms. The van der Waals surface area contributed by atoms with Gasteiger partial charge in [-0.2, -0.15) is 0 Å². The van der Waals surface area contributed by atoms with Gasteiger partial charge in [-0.05, 0) is 86.2 Å². The summed E-state index contributed by atoms with van der Waals surface area (Å²) in [6, 6.07) is 3.49. The third kappa shape index (κ3) is 2.94. The molecule has 2 saturated carbocycles. The van der Waals surface area contributed by atoms with E-state index < -0.39 is 0 Å². The van der Waals surface area contributed by atoms with Crippen LogP contribution < -0.4 is 10.9 Å². The molecule has 1 aromatic heterocycles. The number of hydrazine groups is 1. The van der Waals surface area contributed by atoms with Crippen LogP contribution >= 0.6 is 0 Å². The molecule has 4 aliphatic rings. The Morgan fingerprint density at radius 2 is 1.90 bits per heavy atom. The Bertz CT molecular complexity index is 847. The van der Waals surface area contributed by atoms with E-state index in [1.54, 1.807) is 24.5 Å². The number of pyridine rings is 1. The van der Waals surface area contributed by atoms with Crippen molar-refractivity contribution in [2.24, 2.45) is 34.5 Å². The lowest BCUT2D eigenvalue weighted by Crippen LogP contribution is -2.53. The van der Waals surface area contributed by atoms with Crippen LogP contribution in [0, 0.1) is 34.5 Å². The first-order valence-electron chi connectivity index (χ1n) is 11.3. The van der Waals surface area contributed by atoms with E-state index >= 15 is 0 Å². The summed E-state index contributed by atoms with van der Waals surface area (Å²) in [7, 11) is 0. The maximum absolute atomic E-state index is 12.5. The van der Waals surface area contributed by atoms with Gasteiger partial charge in [0.25, 0.3) is 5.91 Å². The number of carbonyl (C=O) groups is 1. The molecule has 0 aromatic carbocycles. The van der Waals surface area contributed by atoms with Gasteiger partial charge in [0.1, 0.15) is 0 Å². The second-order valence-electron chi connectivity index (χ2n) is 10.2. The van der Waals surface area contributed by atoms with E-state index in [0.717, 1.165) is 24.2 Å². The summed E-state index contributed by atoms with van der Waals surface area (Å²) in [5, 5.41) is 0. The second kappa shape index (κ2) is 7.00. The number of nitrogens with one attached hydrogen (secondary N) is 2. The molecule has 0 saturated heterocycles. The molecule has 4 aliphatic carbocycles. The molecule has 0 bridgehead atoms. The number of allylic oxidation sites excluding steroid dienone is 4. The number of hydrogen-bond acceptors (Lipinski definition) is 3. The molecule has 1 aromatic rings. The van der Waals surface area contributed by atoms with Crippen LogP contribution in [-0.4, -0.2) is 10.9 Å². The molecular weight excluding hydrogens is 358 g/mol. The Hall–Kier alpha value is -2.10. The van der Waals surface area contributed by atoms with Crippen molar-refractivity contribution in [3.8, 4) is 0 Å². The Kier molecular flexibility index (Phi) is 4.56. The van der Waals surface area contributed by atoms with Crippen LogP contribution in [0.4, 0.5) is 0 Å². The summed E-state index contributed by atoms with van der Waals surface area (Å²) < 4.78 is 0. The first-order chi connectivity index (χ1) is 14.0. The highest BCUT2D eigenvalue weighted by Gasteiger charge is 2.57. The van der Waals surface area contributed by atoms with E-state index in [1.165, 1.54) is 44.2 Å². The molecule has 6 unspecified atom stereocenters. The van der Waals surface area contributed by atoms with Crippen LogP contribution in [0.2, 0.25) is 0 Å². The summed E-state index contributed by atoms with van der Waals surface area (Å²) in [5.74, 6) is 3.14. The number of carbonyl (C=O) groups excluding carboxylic acids is 1. The highest BCUT2D eigenvalue weighted by Crippen LogP contribution is 2.65. The highest BCUT2D eigenvalue weighted by molar-refractivity contribution is 5.93. The molecule has 0 aliphatic heterocycles. The molecule has 1 amide bonds. The Morgan fingerprint density at radius 3 is 2.72 bits per heavy atom. The Balaban J connectivity index is 1.30. The van der Waals surface area contributed by atoms with Crippen molar-refractivity contribution in [2.45, 2.75) is 58.8 Å². The van der Waals surface area contributed by atoms with Crippen molar-refractivity contribution in [3.05, 3.63) is 54.0 Å². The minimum atomic E-state index is -0.101. The lowest BCUT2D eigenvalue weighted by atomic mass is 9.46. The first kappa shape index (κ1) is 18.9. The average molecular weight is 392 g/mol. The molecule has 154 valence electrons. The number of fused-ring (bicyclic) bond motifs is 5. The number of rotatable bonds is 3. The molecule has 1 heterocycles. The monoisotopic (exact) mass is 391 g/mol. The van der Waals surface area contributed by atoms with Crippen LogP contribution in [-0.2, 0) is 0 Å². The molecule has 0 radical (unpaired) electrons. The fraction of sp³-hybridized carbons (Fsp3) is 0.600. The average Bonchev–Trinajstić information content (AvgIpc) is 3.08. The summed E-state index contributed by atoms with van der Waals surface area (Å²) in [6.45, 7) is 5.00. The molecule has 0 spiro atoms. The van der Waals surface area contributed by atoms with Gasteiger partial charge in [0, 0.05) is 29.1 Å². The van der Waals surface area contributed by atoms with E-state index in [4.69, 9.17) is 0 Å². The predicted octanol–water partition coefficient (Wildman–Crippen LogP) is 5.02. The molecule has 2 N–H and O–H groups in total. The molecule has 4 heteroatoms. The van der Waals surface area contributed by atoms with Crippen molar-refractivity contribution in [2.75, 3.05) is 0 Å². The Morgan fingerprint density at radius 1 is 1.07 bits per heavy atom. The van der Waals surface area contributed by atoms with Crippen LogP contribution in [0.1, 0.15) is 69.2 Å². The zero-order valence-electron chi connectivity index (χ0n) is 17.7. The highest BCUT2D eigenvalue weighted by atomic mass is 16.2.